The number of aromatic nitrogens is 2. The van der Waals surface area contributed by atoms with E-state index in [1.807, 2.05) is 48.9 Å². The van der Waals surface area contributed by atoms with Gasteiger partial charge in [-0.1, -0.05) is 30.3 Å². The first kappa shape index (κ1) is 23.5. The summed E-state index contributed by atoms with van der Waals surface area (Å²) in [6.45, 7) is 4.15. The molecule has 0 radical (unpaired) electrons. The van der Waals surface area contributed by atoms with Gasteiger partial charge in [-0.05, 0) is 25.5 Å². The van der Waals surface area contributed by atoms with Crippen molar-refractivity contribution in [2.24, 2.45) is 0 Å². The molecule has 0 aliphatic heterocycles. The van der Waals surface area contributed by atoms with E-state index in [0.717, 1.165) is 28.6 Å². The Bertz CT molecular complexity index is 1170. The number of amides is 1. The molecule has 2 N–H and O–H groups in total. The number of non-ortho nitro benzene ring substituents is 1. The fourth-order valence-corrected chi connectivity index (χ4v) is 3.38. The monoisotopic (exact) mass is 451 g/mol. The lowest BCUT2D eigenvalue weighted by atomic mass is 10.1. The minimum atomic E-state index is -0.832. The van der Waals surface area contributed by atoms with Crippen molar-refractivity contribution in [1.82, 2.24) is 15.1 Å². The van der Waals surface area contributed by atoms with Gasteiger partial charge in [0.1, 0.15) is 0 Å². The highest BCUT2D eigenvalue weighted by Gasteiger charge is 2.19. The predicted molar refractivity (Wildman–Crippen MR) is 122 cm³/mol. The fourth-order valence-electron chi connectivity index (χ4n) is 3.38. The number of carbonyl (C=O) groups excluding carboxylic acids is 2. The molecule has 0 aliphatic carbocycles. The van der Waals surface area contributed by atoms with Crippen LogP contribution in [0.4, 0.5) is 11.4 Å². The molecule has 0 unspecified atom stereocenters. The molecule has 2 aromatic carbocycles. The Morgan fingerprint density at radius 3 is 2.55 bits per heavy atom. The summed E-state index contributed by atoms with van der Waals surface area (Å²) in [5, 5.41) is 21.0. The van der Waals surface area contributed by atoms with Gasteiger partial charge in [-0.3, -0.25) is 19.6 Å². The van der Waals surface area contributed by atoms with Crippen LogP contribution < -0.4 is 10.6 Å². The van der Waals surface area contributed by atoms with Gasteiger partial charge in [-0.2, -0.15) is 5.10 Å². The molecule has 3 rings (SSSR count). The summed E-state index contributed by atoms with van der Waals surface area (Å²) in [5.41, 5.74) is 3.84. The zero-order valence-corrected chi connectivity index (χ0v) is 18.6. The Morgan fingerprint density at radius 2 is 1.88 bits per heavy atom. The van der Waals surface area contributed by atoms with Crippen LogP contribution in [0.5, 0.6) is 0 Å². The summed E-state index contributed by atoms with van der Waals surface area (Å²) in [7, 11) is 1.58. The predicted octanol–water partition coefficient (Wildman–Crippen LogP) is 2.97. The minimum absolute atomic E-state index is 0.0200. The zero-order chi connectivity index (χ0) is 24.0. The second-order valence-electron chi connectivity index (χ2n) is 7.38. The molecule has 10 nitrogen and oxygen atoms in total. The van der Waals surface area contributed by atoms with E-state index in [1.165, 1.54) is 12.1 Å². The van der Waals surface area contributed by atoms with E-state index in [-0.39, 0.29) is 17.8 Å². The second kappa shape index (κ2) is 10.4. The number of nitrogens with zero attached hydrogens (tertiary/aromatic N) is 3. The number of hydrogen-bond donors (Lipinski definition) is 2. The van der Waals surface area contributed by atoms with E-state index in [9.17, 15) is 19.7 Å². The standard InChI is InChI=1S/C23H25N5O5/c1-15-20(16(2)27(26-15)13-17-7-5-4-6-8-17)12-25-22(29)14-33-23(30)19-11-18(28(31)32)9-10-21(19)24-3/h4-11,24H,12-14H2,1-3H3,(H,25,29). The fraction of sp³-hybridized carbons (Fsp3) is 0.261. The first-order chi connectivity index (χ1) is 15.8. The molecule has 1 heterocycles. The van der Waals surface area contributed by atoms with Crippen LogP contribution >= 0.6 is 0 Å². The van der Waals surface area contributed by atoms with E-state index >= 15 is 0 Å². The van der Waals surface area contributed by atoms with Gasteiger partial charge in [0, 0.05) is 42.7 Å². The molecule has 0 aliphatic rings. The van der Waals surface area contributed by atoms with Crippen molar-refractivity contribution in [1.29, 1.82) is 0 Å². The third-order valence-corrected chi connectivity index (χ3v) is 5.21. The molecule has 172 valence electrons. The van der Waals surface area contributed by atoms with Crippen molar-refractivity contribution in [3.05, 3.63) is 86.7 Å². The first-order valence-corrected chi connectivity index (χ1v) is 10.3. The summed E-state index contributed by atoms with van der Waals surface area (Å²) in [5.74, 6) is -1.32. The molecule has 0 saturated heterocycles. The summed E-state index contributed by atoms with van der Waals surface area (Å²) in [6.07, 6.45) is 0. The lowest BCUT2D eigenvalue weighted by molar-refractivity contribution is -0.384. The quantitative estimate of drug-likeness (QED) is 0.291. The maximum absolute atomic E-state index is 12.4. The Hall–Kier alpha value is -4.21. The molecule has 1 amide bonds. The van der Waals surface area contributed by atoms with Gasteiger partial charge in [-0.25, -0.2) is 4.79 Å². The van der Waals surface area contributed by atoms with Crippen LogP contribution in [0.25, 0.3) is 0 Å². The molecular weight excluding hydrogens is 426 g/mol. The summed E-state index contributed by atoms with van der Waals surface area (Å²) in [4.78, 5) is 35.0. The van der Waals surface area contributed by atoms with Crippen LogP contribution in [-0.4, -0.2) is 40.2 Å². The van der Waals surface area contributed by atoms with Crippen molar-refractivity contribution in [2.75, 3.05) is 19.0 Å². The van der Waals surface area contributed by atoms with E-state index in [1.54, 1.807) is 7.05 Å². The van der Waals surface area contributed by atoms with Crippen molar-refractivity contribution >= 4 is 23.3 Å². The number of anilines is 1. The van der Waals surface area contributed by atoms with Crippen LogP contribution in [-0.2, 0) is 22.6 Å². The number of esters is 1. The number of ether oxygens (including phenoxy) is 1. The van der Waals surface area contributed by atoms with Crippen LogP contribution in [0.2, 0.25) is 0 Å². The number of nitro benzene ring substituents is 1. The van der Waals surface area contributed by atoms with E-state index in [2.05, 4.69) is 15.7 Å². The van der Waals surface area contributed by atoms with Gasteiger partial charge in [0.15, 0.2) is 6.61 Å². The van der Waals surface area contributed by atoms with Crippen LogP contribution in [0.3, 0.4) is 0 Å². The van der Waals surface area contributed by atoms with Gasteiger partial charge >= 0.3 is 5.97 Å². The molecule has 10 heteroatoms. The SMILES string of the molecule is CNc1ccc([N+](=O)[O-])cc1C(=O)OCC(=O)NCc1c(C)nn(Cc2ccccc2)c1C. The number of hydrogen-bond acceptors (Lipinski definition) is 7. The lowest BCUT2D eigenvalue weighted by Crippen LogP contribution is -2.29. The largest absolute Gasteiger partial charge is 0.452 e. The highest BCUT2D eigenvalue weighted by atomic mass is 16.6. The molecule has 3 aromatic rings. The third kappa shape index (κ3) is 5.73. The molecular formula is C23H25N5O5. The number of carbonyl (C=O) groups is 2. The molecule has 1 aromatic heterocycles. The van der Waals surface area contributed by atoms with E-state index in [0.29, 0.717) is 12.2 Å². The Kier molecular flexibility index (Phi) is 7.39. The average Bonchev–Trinajstić information content (AvgIpc) is 3.08. The summed E-state index contributed by atoms with van der Waals surface area (Å²) in [6, 6.07) is 13.7. The first-order valence-electron chi connectivity index (χ1n) is 10.3. The van der Waals surface area contributed by atoms with E-state index < -0.39 is 23.4 Å². The van der Waals surface area contributed by atoms with Gasteiger partial charge in [-0.15, -0.1) is 0 Å². The highest BCUT2D eigenvalue weighted by Crippen LogP contribution is 2.22. The summed E-state index contributed by atoms with van der Waals surface area (Å²) < 4.78 is 6.95. The maximum atomic E-state index is 12.4. The highest BCUT2D eigenvalue weighted by molar-refractivity contribution is 5.97. The summed E-state index contributed by atoms with van der Waals surface area (Å²) >= 11 is 0. The molecule has 0 spiro atoms. The van der Waals surface area contributed by atoms with Gasteiger partial charge in [0.05, 0.1) is 22.7 Å². The number of benzene rings is 2. The van der Waals surface area contributed by atoms with Gasteiger partial charge in [0.25, 0.3) is 11.6 Å². The van der Waals surface area contributed by atoms with Crippen LogP contribution in [0.1, 0.15) is 32.9 Å². The zero-order valence-electron chi connectivity index (χ0n) is 18.6. The molecule has 33 heavy (non-hydrogen) atoms. The third-order valence-electron chi connectivity index (χ3n) is 5.21. The molecule has 0 bridgehead atoms. The molecule has 0 atom stereocenters. The number of rotatable bonds is 9. The van der Waals surface area contributed by atoms with Crippen molar-refractivity contribution in [3.8, 4) is 0 Å². The van der Waals surface area contributed by atoms with Crippen molar-refractivity contribution in [2.45, 2.75) is 26.9 Å². The normalized spacial score (nSPS) is 10.5. The van der Waals surface area contributed by atoms with E-state index in [4.69, 9.17) is 4.74 Å². The average molecular weight is 451 g/mol. The van der Waals surface area contributed by atoms with Crippen molar-refractivity contribution in [3.63, 3.8) is 0 Å². The maximum Gasteiger partial charge on any atom is 0.341 e. The minimum Gasteiger partial charge on any atom is -0.452 e. The lowest BCUT2D eigenvalue weighted by Gasteiger charge is -2.10. The van der Waals surface area contributed by atoms with Gasteiger partial charge < -0.3 is 15.4 Å². The molecule has 0 saturated carbocycles. The van der Waals surface area contributed by atoms with Gasteiger partial charge in [0.2, 0.25) is 0 Å². The van der Waals surface area contributed by atoms with Crippen LogP contribution in [0, 0.1) is 24.0 Å². The Labute approximate surface area is 190 Å². The smallest absolute Gasteiger partial charge is 0.341 e. The number of nitro groups is 1. The second-order valence-corrected chi connectivity index (χ2v) is 7.38. The Morgan fingerprint density at radius 1 is 1.15 bits per heavy atom. The number of nitrogens with one attached hydrogen (secondary N) is 2. The molecule has 0 fully saturated rings. The van der Waals surface area contributed by atoms with Crippen LogP contribution in [0.15, 0.2) is 48.5 Å². The topological polar surface area (TPSA) is 128 Å². The Balaban J connectivity index is 1.59. The van der Waals surface area contributed by atoms with Crippen molar-refractivity contribution < 1.29 is 19.2 Å². The number of aryl methyl sites for hydroxylation is 1.